The normalized spacial score (nSPS) is 14.2. The van der Waals surface area contributed by atoms with Crippen LogP contribution in [0, 0.1) is 11.7 Å². The van der Waals surface area contributed by atoms with Crippen LogP contribution in [0.2, 0.25) is 5.02 Å². The van der Waals surface area contributed by atoms with Crippen LogP contribution in [0.3, 0.4) is 0 Å². The largest absolute Gasteiger partial charge is 0.492 e. The number of carbonyl (C=O) groups excluding carboxylic acids is 1. The van der Waals surface area contributed by atoms with Gasteiger partial charge in [-0.2, -0.15) is 0 Å². The summed E-state index contributed by atoms with van der Waals surface area (Å²) >= 11 is 7.34. The van der Waals surface area contributed by atoms with E-state index in [9.17, 15) is 9.18 Å². The fraction of sp³-hybridized carbons (Fsp3) is 0.240. The molecule has 166 valence electrons. The molecule has 1 saturated heterocycles. The minimum absolute atomic E-state index is 0.0971. The number of halogens is 2. The van der Waals surface area contributed by atoms with Crippen molar-refractivity contribution in [3.8, 4) is 5.75 Å². The summed E-state index contributed by atoms with van der Waals surface area (Å²) in [5.74, 6) is -0.611. The van der Waals surface area contributed by atoms with Crippen LogP contribution in [0.1, 0.15) is 27.5 Å². The van der Waals surface area contributed by atoms with E-state index in [1.165, 1.54) is 23.3 Å². The number of hydrogen-bond acceptors (Lipinski definition) is 4. The molecule has 1 aliphatic rings. The predicted molar refractivity (Wildman–Crippen MR) is 128 cm³/mol. The molecule has 1 N–H and O–H groups in total. The van der Waals surface area contributed by atoms with Gasteiger partial charge in [0.05, 0.1) is 23.2 Å². The SMILES string of the molecule is CSNC(=O)c1cc(Cl)c(OCC2CN(C(c3ccccc3)c3ccccc3)C2)cc1F. The van der Waals surface area contributed by atoms with Crippen molar-refractivity contribution < 1.29 is 13.9 Å². The molecule has 3 aromatic carbocycles. The van der Waals surface area contributed by atoms with Gasteiger partial charge in [0.25, 0.3) is 5.91 Å². The van der Waals surface area contributed by atoms with Crippen LogP contribution in [-0.2, 0) is 0 Å². The molecule has 3 aromatic rings. The first-order valence-electron chi connectivity index (χ1n) is 10.4. The van der Waals surface area contributed by atoms with Crippen LogP contribution in [0.15, 0.2) is 72.8 Å². The molecule has 32 heavy (non-hydrogen) atoms. The average Bonchev–Trinajstić information content (AvgIpc) is 2.78. The molecule has 0 spiro atoms. The number of benzene rings is 3. The minimum atomic E-state index is -0.653. The van der Waals surface area contributed by atoms with Crippen molar-refractivity contribution in [2.75, 3.05) is 26.0 Å². The summed E-state index contributed by atoms with van der Waals surface area (Å²) in [7, 11) is 0. The lowest BCUT2D eigenvalue weighted by atomic mass is 9.90. The highest BCUT2D eigenvalue weighted by Gasteiger charge is 2.34. The van der Waals surface area contributed by atoms with Gasteiger partial charge in [0.15, 0.2) is 0 Å². The van der Waals surface area contributed by atoms with Crippen LogP contribution < -0.4 is 9.46 Å². The van der Waals surface area contributed by atoms with E-state index in [4.69, 9.17) is 16.3 Å². The van der Waals surface area contributed by atoms with E-state index in [0.717, 1.165) is 25.0 Å². The van der Waals surface area contributed by atoms with Crippen molar-refractivity contribution in [2.24, 2.45) is 5.92 Å². The van der Waals surface area contributed by atoms with Gasteiger partial charge >= 0.3 is 0 Å². The minimum Gasteiger partial charge on any atom is -0.492 e. The number of nitrogens with one attached hydrogen (secondary N) is 1. The molecular formula is C25H24ClFN2O2S. The first-order valence-corrected chi connectivity index (χ1v) is 12.0. The van der Waals surface area contributed by atoms with Crippen LogP contribution in [0.4, 0.5) is 4.39 Å². The van der Waals surface area contributed by atoms with Gasteiger partial charge in [0.1, 0.15) is 11.6 Å². The van der Waals surface area contributed by atoms with E-state index in [2.05, 4.69) is 58.2 Å². The van der Waals surface area contributed by atoms with Gasteiger partial charge in [-0.15, -0.1) is 0 Å². The maximum atomic E-state index is 14.4. The number of hydrogen-bond donors (Lipinski definition) is 1. The lowest BCUT2D eigenvalue weighted by Gasteiger charge is -2.44. The summed E-state index contributed by atoms with van der Waals surface area (Å²) in [6.07, 6.45) is 1.69. The zero-order valence-corrected chi connectivity index (χ0v) is 19.2. The second-order valence-corrected chi connectivity index (χ2v) is 8.77. The molecule has 0 unspecified atom stereocenters. The molecule has 1 heterocycles. The molecule has 1 amide bonds. The van der Waals surface area contributed by atoms with Crippen molar-refractivity contribution in [2.45, 2.75) is 6.04 Å². The zero-order chi connectivity index (χ0) is 22.5. The highest BCUT2D eigenvalue weighted by atomic mass is 35.5. The van der Waals surface area contributed by atoms with E-state index >= 15 is 0 Å². The topological polar surface area (TPSA) is 41.6 Å². The monoisotopic (exact) mass is 470 g/mol. The first kappa shape index (κ1) is 22.6. The predicted octanol–water partition coefficient (Wildman–Crippen LogP) is 5.59. The molecule has 4 rings (SSSR count). The van der Waals surface area contributed by atoms with Gasteiger partial charge in [-0.3, -0.25) is 14.4 Å². The Kier molecular flexibility index (Phi) is 7.35. The summed E-state index contributed by atoms with van der Waals surface area (Å²) in [4.78, 5) is 14.3. The summed E-state index contributed by atoms with van der Waals surface area (Å²) < 4.78 is 22.7. The van der Waals surface area contributed by atoms with E-state index in [1.807, 2.05) is 12.1 Å². The third-order valence-corrected chi connectivity index (χ3v) is 6.20. The molecule has 1 fully saturated rings. The van der Waals surface area contributed by atoms with Crippen LogP contribution in [0.5, 0.6) is 5.75 Å². The fourth-order valence-corrected chi connectivity index (χ4v) is 4.49. The van der Waals surface area contributed by atoms with Crippen molar-refractivity contribution in [1.29, 1.82) is 0 Å². The van der Waals surface area contributed by atoms with E-state index in [0.29, 0.717) is 12.5 Å². The third kappa shape index (κ3) is 5.09. The number of ether oxygens (including phenoxy) is 1. The van der Waals surface area contributed by atoms with Crippen LogP contribution >= 0.6 is 23.5 Å². The Morgan fingerprint density at radius 3 is 2.28 bits per heavy atom. The Balaban J connectivity index is 1.39. The summed E-state index contributed by atoms with van der Waals surface area (Å²) in [6.45, 7) is 2.16. The molecule has 0 saturated carbocycles. The first-order chi connectivity index (χ1) is 15.6. The molecule has 4 nitrogen and oxygen atoms in total. The van der Waals surface area contributed by atoms with Crippen LogP contribution in [0.25, 0.3) is 0 Å². The number of amides is 1. The molecule has 7 heteroatoms. The average molecular weight is 471 g/mol. The Morgan fingerprint density at radius 1 is 1.12 bits per heavy atom. The number of likely N-dealkylation sites (tertiary alicyclic amines) is 1. The van der Waals surface area contributed by atoms with Crippen molar-refractivity contribution >= 4 is 29.5 Å². The quantitative estimate of drug-likeness (QED) is 0.436. The molecule has 0 bridgehead atoms. The number of rotatable bonds is 8. The fourth-order valence-electron chi connectivity index (χ4n) is 3.98. The third-order valence-electron chi connectivity index (χ3n) is 5.52. The van der Waals surface area contributed by atoms with Crippen LogP contribution in [-0.4, -0.2) is 36.8 Å². The van der Waals surface area contributed by atoms with Gasteiger partial charge in [-0.05, 0) is 17.2 Å². The lowest BCUT2D eigenvalue weighted by Crippen LogP contribution is -2.50. The van der Waals surface area contributed by atoms with Crippen molar-refractivity contribution in [3.05, 3.63) is 100 Å². The molecule has 0 aliphatic carbocycles. The smallest absolute Gasteiger partial charge is 0.264 e. The lowest BCUT2D eigenvalue weighted by molar-refractivity contribution is 0.0378. The molecule has 0 atom stereocenters. The van der Waals surface area contributed by atoms with Gasteiger partial charge in [0, 0.05) is 31.3 Å². The van der Waals surface area contributed by atoms with Gasteiger partial charge in [-0.1, -0.05) is 84.2 Å². The molecule has 1 aliphatic heterocycles. The van der Waals surface area contributed by atoms with Crippen molar-refractivity contribution in [3.63, 3.8) is 0 Å². The van der Waals surface area contributed by atoms with E-state index < -0.39 is 11.7 Å². The maximum Gasteiger partial charge on any atom is 0.264 e. The van der Waals surface area contributed by atoms with E-state index in [-0.39, 0.29) is 22.4 Å². The highest BCUT2D eigenvalue weighted by Crippen LogP contribution is 2.35. The van der Waals surface area contributed by atoms with Crippen molar-refractivity contribution in [1.82, 2.24) is 9.62 Å². The molecule has 0 aromatic heterocycles. The second kappa shape index (κ2) is 10.4. The highest BCUT2D eigenvalue weighted by molar-refractivity contribution is 7.97. The second-order valence-electron chi connectivity index (χ2n) is 7.75. The summed E-state index contributed by atoms with van der Waals surface area (Å²) in [5, 5.41) is 0.222. The zero-order valence-electron chi connectivity index (χ0n) is 17.6. The van der Waals surface area contributed by atoms with Gasteiger partial charge in [0.2, 0.25) is 0 Å². The summed E-state index contributed by atoms with van der Waals surface area (Å²) in [5.41, 5.74) is 2.41. The van der Waals surface area contributed by atoms with Gasteiger partial charge < -0.3 is 4.74 Å². The summed E-state index contributed by atoms with van der Waals surface area (Å²) in [6, 6.07) is 23.6. The maximum absolute atomic E-state index is 14.4. The Hall–Kier alpha value is -2.54. The van der Waals surface area contributed by atoms with E-state index in [1.54, 1.807) is 6.26 Å². The molecule has 0 radical (unpaired) electrons. The Labute approximate surface area is 196 Å². The standard InChI is InChI=1S/C25H24ClFN2O2S/c1-32-28-25(30)20-12-21(26)23(13-22(20)27)31-16-17-14-29(15-17)24(18-8-4-2-5-9-18)19-10-6-3-7-11-19/h2-13,17,24H,14-16H2,1H3,(H,28,30). The Bertz CT molecular complexity index is 1020. The Morgan fingerprint density at radius 2 is 1.72 bits per heavy atom. The van der Waals surface area contributed by atoms with Gasteiger partial charge in [-0.25, -0.2) is 4.39 Å². The molecular weight excluding hydrogens is 447 g/mol. The number of nitrogens with zero attached hydrogens (tertiary/aromatic N) is 1. The number of carbonyl (C=O) groups is 1.